The molecule has 0 N–H and O–H groups in total. The maximum Gasteiger partial charge on any atom is 0.260 e. The van der Waals surface area contributed by atoms with E-state index in [2.05, 4.69) is 17.1 Å². The molecule has 0 atom stereocenters. The van der Waals surface area contributed by atoms with Crippen LogP contribution in [-0.2, 0) is 19.4 Å². The van der Waals surface area contributed by atoms with Crippen molar-refractivity contribution >= 4 is 32.6 Å². The summed E-state index contributed by atoms with van der Waals surface area (Å²) in [5, 5.41) is 0.653. The molecular weight excluding hydrogens is 418 g/mol. The fourth-order valence-electron chi connectivity index (χ4n) is 4.20. The zero-order chi connectivity index (χ0) is 21.9. The molecule has 4 aromatic rings. The Labute approximate surface area is 191 Å². The first-order valence-electron chi connectivity index (χ1n) is 11.1. The molecule has 0 saturated heterocycles. The summed E-state index contributed by atoms with van der Waals surface area (Å²) >= 11 is 1.50. The van der Waals surface area contributed by atoms with Crippen LogP contribution in [0.15, 0.2) is 60.8 Å². The van der Waals surface area contributed by atoms with Crippen molar-refractivity contribution in [2.24, 2.45) is 0 Å². The third kappa shape index (κ3) is 4.10. The van der Waals surface area contributed by atoms with Crippen LogP contribution in [0.25, 0.3) is 10.2 Å². The summed E-state index contributed by atoms with van der Waals surface area (Å²) in [5.41, 5.74) is 4.97. The molecule has 0 fully saturated rings. The first-order chi connectivity index (χ1) is 15.7. The van der Waals surface area contributed by atoms with Gasteiger partial charge < -0.3 is 4.74 Å². The van der Waals surface area contributed by atoms with Crippen LogP contribution < -0.4 is 9.64 Å². The molecule has 2 heterocycles. The van der Waals surface area contributed by atoms with E-state index in [1.807, 2.05) is 49.4 Å². The molecule has 0 spiro atoms. The molecule has 6 heteroatoms. The SMILES string of the molecule is CCOc1cccc2sc(N(Cc3ccccn3)C(=O)c3ccc4c(c3)CCCC4)nc12. The highest BCUT2D eigenvalue weighted by Crippen LogP contribution is 2.35. The van der Waals surface area contributed by atoms with Gasteiger partial charge in [-0.25, -0.2) is 4.98 Å². The highest BCUT2D eigenvalue weighted by Gasteiger charge is 2.24. The Morgan fingerprint density at radius 2 is 1.94 bits per heavy atom. The molecule has 32 heavy (non-hydrogen) atoms. The molecule has 0 radical (unpaired) electrons. The lowest BCUT2D eigenvalue weighted by Crippen LogP contribution is -2.31. The van der Waals surface area contributed by atoms with Crippen molar-refractivity contribution < 1.29 is 9.53 Å². The Bertz CT molecular complexity index is 1250. The lowest BCUT2D eigenvalue weighted by atomic mass is 9.90. The highest BCUT2D eigenvalue weighted by atomic mass is 32.1. The third-order valence-electron chi connectivity index (χ3n) is 5.79. The molecule has 1 amide bonds. The maximum atomic E-state index is 13.8. The molecule has 5 rings (SSSR count). The molecule has 1 aliphatic carbocycles. The summed E-state index contributed by atoms with van der Waals surface area (Å²) in [6.07, 6.45) is 6.29. The number of hydrogen-bond acceptors (Lipinski definition) is 5. The van der Waals surface area contributed by atoms with Crippen LogP contribution in [0.1, 0.15) is 46.9 Å². The fourth-order valence-corrected chi connectivity index (χ4v) is 5.18. The second-order valence-electron chi connectivity index (χ2n) is 7.94. The number of amides is 1. The van der Waals surface area contributed by atoms with Crippen molar-refractivity contribution in [1.29, 1.82) is 0 Å². The van der Waals surface area contributed by atoms with Gasteiger partial charge in [0.2, 0.25) is 0 Å². The number of fused-ring (bicyclic) bond motifs is 2. The van der Waals surface area contributed by atoms with Crippen LogP contribution in [0.4, 0.5) is 5.13 Å². The number of rotatable bonds is 6. The van der Waals surface area contributed by atoms with Gasteiger partial charge in [0, 0.05) is 11.8 Å². The molecule has 5 nitrogen and oxygen atoms in total. The topological polar surface area (TPSA) is 55.3 Å². The number of aryl methyl sites for hydroxylation is 2. The minimum atomic E-state index is -0.0546. The van der Waals surface area contributed by atoms with E-state index in [-0.39, 0.29) is 5.91 Å². The summed E-state index contributed by atoms with van der Waals surface area (Å²) in [6, 6.07) is 17.8. The number of aromatic nitrogens is 2. The Morgan fingerprint density at radius 3 is 2.75 bits per heavy atom. The minimum absolute atomic E-state index is 0.0546. The average Bonchev–Trinajstić information content (AvgIpc) is 3.28. The van der Waals surface area contributed by atoms with Gasteiger partial charge in [-0.1, -0.05) is 29.5 Å². The van der Waals surface area contributed by atoms with E-state index < -0.39 is 0 Å². The van der Waals surface area contributed by atoms with Crippen molar-refractivity contribution in [2.75, 3.05) is 11.5 Å². The third-order valence-corrected chi connectivity index (χ3v) is 6.83. The summed E-state index contributed by atoms with van der Waals surface area (Å²) < 4.78 is 6.76. The molecule has 0 saturated carbocycles. The quantitative estimate of drug-likeness (QED) is 0.377. The lowest BCUT2D eigenvalue weighted by molar-refractivity contribution is 0.0984. The van der Waals surface area contributed by atoms with Crippen LogP contribution in [0.3, 0.4) is 0 Å². The number of carbonyl (C=O) groups is 1. The second-order valence-corrected chi connectivity index (χ2v) is 8.94. The number of anilines is 1. The zero-order valence-electron chi connectivity index (χ0n) is 18.1. The van der Waals surface area contributed by atoms with E-state index in [1.165, 1.54) is 35.3 Å². The van der Waals surface area contributed by atoms with E-state index in [9.17, 15) is 4.79 Å². The van der Waals surface area contributed by atoms with E-state index in [1.54, 1.807) is 11.1 Å². The Balaban J connectivity index is 1.56. The summed E-state index contributed by atoms with van der Waals surface area (Å²) in [7, 11) is 0. The monoisotopic (exact) mass is 443 g/mol. The summed E-state index contributed by atoms with van der Waals surface area (Å²) in [6.45, 7) is 2.89. The highest BCUT2D eigenvalue weighted by molar-refractivity contribution is 7.22. The van der Waals surface area contributed by atoms with Gasteiger partial charge >= 0.3 is 0 Å². The summed E-state index contributed by atoms with van der Waals surface area (Å²) in [5.74, 6) is 0.688. The number of para-hydroxylation sites is 1. The van der Waals surface area contributed by atoms with Gasteiger partial charge in [0.1, 0.15) is 11.3 Å². The van der Waals surface area contributed by atoms with Crippen LogP contribution in [-0.4, -0.2) is 22.5 Å². The van der Waals surface area contributed by atoms with Gasteiger partial charge in [-0.3, -0.25) is 14.7 Å². The standard InChI is InChI=1S/C26H25N3O2S/c1-2-31-22-11-7-12-23-24(22)28-26(32-23)29(17-21-10-5-6-15-27-21)25(30)20-14-13-18-8-3-4-9-19(18)16-20/h5-7,10-16H,2-4,8-9,17H2,1H3. The molecule has 0 bridgehead atoms. The van der Waals surface area contributed by atoms with Gasteiger partial charge in [0.25, 0.3) is 5.91 Å². The molecule has 2 aromatic heterocycles. The number of ether oxygens (including phenoxy) is 1. The van der Waals surface area contributed by atoms with Gasteiger partial charge in [-0.2, -0.15) is 0 Å². The first kappa shape index (κ1) is 20.6. The Kier molecular flexibility index (Phi) is 5.86. The average molecular weight is 444 g/mol. The molecule has 162 valence electrons. The van der Waals surface area contributed by atoms with Gasteiger partial charge in [0.05, 0.1) is 23.5 Å². The predicted molar refractivity (Wildman–Crippen MR) is 129 cm³/mol. The number of hydrogen-bond donors (Lipinski definition) is 0. The number of nitrogens with zero attached hydrogens (tertiary/aromatic N) is 3. The molecule has 0 unspecified atom stereocenters. The van der Waals surface area contributed by atoms with E-state index >= 15 is 0 Å². The van der Waals surface area contributed by atoms with Crippen LogP contribution in [0, 0.1) is 0 Å². The van der Waals surface area contributed by atoms with Gasteiger partial charge in [-0.15, -0.1) is 0 Å². The van der Waals surface area contributed by atoms with E-state index in [0.29, 0.717) is 23.8 Å². The van der Waals surface area contributed by atoms with Crippen LogP contribution in [0.2, 0.25) is 0 Å². The largest absolute Gasteiger partial charge is 0.492 e. The smallest absolute Gasteiger partial charge is 0.260 e. The fraction of sp³-hybridized carbons (Fsp3) is 0.269. The Morgan fingerprint density at radius 1 is 1.06 bits per heavy atom. The number of thiazole rings is 1. The first-order valence-corrected chi connectivity index (χ1v) is 11.9. The van der Waals surface area contributed by atoms with Crippen molar-refractivity contribution in [3.8, 4) is 5.75 Å². The van der Waals surface area contributed by atoms with Crippen molar-refractivity contribution in [3.63, 3.8) is 0 Å². The maximum absolute atomic E-state index is 13.8. The number of benzene rings is 2. The summed E-state index contributed by atoms with van der Waals surface area (Å²) in [4.78, 5) is 24.8. The zero-order valence-corrected chi connectivity index (χ0v) is 18.9. The van der Waals surface area contributed by atoms with E-state index in [0.717, 1.165) is 34.5 Å². The normalized spacial score (nSPS) is 13.0. The molecule has 1 aliphatic rings. The second kappa shape index (κ2) is 9.09. The lowest BCUT2D eigenvalue weighted by Gasteiger charge is -2.21. The number of carbonyl (C=O) groups excluding carboxylic acids is 1. The minimum Gasteiger partial charge on any atom is -0.492 e. The van der Waals surface area contributed by atoms with Gasteiger partial charge in [0.15, 0.2) is 5.13 Å². The Hall–Kier alpha value is -3.25. The molecule has 0 aliphatic heterocycles. The molecule has 2 aromatic carbocycles. The molecular formula is C26H25N3O2S. The van der Waals surface area contributed by atoms with Crippen molar-refractivity contribution in [3.05, 3.63) is 83.2 Å². The van der Waals surface area contributed by atoms with Crippen LogP contribution in [0.5, 0.6) is 5.75 Å². The van der Waals surface area contributed by atoms with Gasteiger partial charge in [-0.05, 0) is 80.1 Å². The van der Waals surface area contributed by atoms with E-state index in [4.69, 9.17) is 9.72 Å². The van der Waals surface area contributed by atoms with Crippen molar-refractivity contribution in [2.45, 2.75) is 39.2 Å². The van der Waals surface area contributed by atoms with Crippen LogP contribution >= 0.6 is 11.3 Å². The predicted octanol–water partition coefficient (Wildman–Crippen LogP) is 5.82. The van der Waals surface area contributed by atoms with Crippen molar-refractivity contribution in [1.82, 2.24) is 9.97 Å². The number of pyridine rings is 1.